The lowest BCUT2D eigenvalue weighted by atomic mass is 10.1. The monoisotopic (exact) mass is 378 g/mol. The number of nitrogens with zero attached hydrogens (tertiary/aromatic N) is 1. The summed E-state index contributed by atoms with van der Waals surface area (Å²) in [6, 6.07) is 6.37. The van der Waals surface area contributed by atoms with E-state index in [1.54, 1.807) is 28.4 Å². The number of amides is 2. The summed E-state index contributed by atoms with van der Waals surface area (Å²) >= 11 is 3.24. The second-order valence-electron chi connectivity index (χ2n) is 6.77. The maximum absolute atomic E-state index is 12.6. The van der Waals surface area contributed by atoms with Gasteiger partial charge in [-0.2, -0.15) is 0 Å². The zero-order valence-corrected chi connectivity index (χ0v) is 16.5. The summed E-state index contributed by atoms with van der Waals surface area (Å²) in [6.07, 6.45) is 4.46. The number of aryl methyl sites for hydroxylation is 2. The van der Waals surface area contributed by atoms with E-state index in [4.69, 9.17) is 0 Å². The molecule has 0 unspecified atom stereocenters. The van der Waals surface area contributed by atoms with Crippen molar-refractivity contribution < 1.29 is 9.59 Å². The van der Waals surface area contributed by atoms with Crippen LogP contribution in [0, 0.1) is 0 Å². The number of fused-ring (bicyclic) bond motifs is 1. The normalized spacial score (nSPS) is 20.4. The lowest BCUT2D eigenvalue weighted by Crippen LogP contribution is -2.49. The Balaban J connectivity index is 1.55. The average molecular weight is 379 g/mol. The van der Waals surface area contributed by atoms with Crippen molar-refractivity contribution in [1.29, 1.82) is 0 Å². The lowest BCUT2D eigenvalue weighted by Gasteiger charge is -2.24. The molecule has 0 bridgehead atoms. The minimum absolute atomic E-state index is 0.0183. The van der Waals surface area contributed by atoms with Gasteiger partial charge in [0, 0.05) is 16.7 Å². The second-order valence-corrected chi connectivity index (χ2v) is 8.82. The van der Waals surface area contributed by atoms with Gasteiger partial charge in [-0.15, -0.1) is 23.5 Å². The third kappa shape index (κ3) is 4.53. The predicted octanol–water partition coefficient (Wildman–Crippen LogP) is 3.08. The van der Waals surface area contributed by atoms with Gasteiger partial charge < -0.3 is 10.2 Å². The van der Waals surface area contributed by atoms with Crippen LogP contribution in [0.1, 0.15) is 37.8 Å². The number of rotatable bonds is 6. The molecular weight excluding hydrogens is 352 g/mol. The Bertz CT molecular complexity index is 650. The fourth-order valence-corrected chi connectivity index (χ4v) is 5.24. The molecule has 2 atom stereocenters. The van der Waals surface area contributed by atoms with Gasteiger partial charge >= 0.3 is 0 Å². The molecule has 1 aliphatic heterocycles. The fourth-order valence-electron chi connectivity index (χ4n) is 3.21. The average Bonchev–Trinajstić information content (AvgIpc) is 3.27. The zero-order chi connectivity index (χ0) is 17.8. The van der Waals surface area contributed by atoms with Crippen LogP contribution in [-0.2, 0) is 22.4 Å². The molecule has 4 nitrogen and oxygen atoms in total. The van der Waals surface area contributed by atoms with E-state index < -0.39 is 0 Å². The Morgan fingerprint density at radius 3 is 2.96 bits per heavy atom. The highest BCUT2D eigenvalue weighted by Gasteiger charge is 2.34. The molecule has 2 amide bonds. The fraction of sp³-hybridized carbons (Fsp3) is 0.579. The first-order valence-electron chi connectivity index (χ1n) is 9.00. The number of benzene rings is 1. The molecule has 1 aromatic carbocycles. The number of carbonyl (C=O) groups is 2. The largest absolute Gasteiger partial charge is 0.352 e. The number of carbonyl (C=O) groups excluding carboxylic acids is 2. The number of nitrogens with one attached hydrogen (secondary N) is 1. The van der Waals surface area contributed by atoms with Gasteiger partial charge in [0.05, 0.1) is 11.6 Å². The lowest BCUT2D eigenvalue weighted by molar-refractivity contribution is -0.136. The second kappa shape index (κ2) is 8.49. The first-order valence-corrected chi connectivity index (χ1v) is 11.1. The van der Waals surface area contributed by atoms with Gasteiger partial charge in [-0.25, -0.2) is 0 Å². The van der Waals surface area contributed by atoms with Crippen molar-refractivity contribution in [3.8, 4) is 0 Å². The van der Waals surface area contributed by atoms with Gasteiger partial charge in [0.1, 0.15) is 6.04 Å². The molecule has 1 aliphatic carbocycles. The molecule has 0 radical (unpaired) electrons. The minimum atomic E-state index is -0.327. The third-order valence-corrected chi connectivity index (χ3v) is 6.93. The summed E-state index contributed by atoms with van der Waals surface area (Å²) in [6.45, 7) is 4.04. The van der Waals surface area contributed by atoms with Crippen LogP contribution in [0.3, 0.4) is 0 Å². The standard InChI is InChI=1S/C19H26N2O2S2/c1-3-13(2)20-19(23)17-10-24-12-21(17)18(22)11-25-16-8-7-14-5-4-6-15(14)9-16/h7-9,13,17H,3-6,10-12H2,1-2H3,(H,20,23)/t13-,17-/m0/s1. The summed E-state index contributed by atoms with van der Waals surface area (Å²) in [7, 11) is 0. The maximum Gasteiger partial charge on any atom is 0.243 e. The SMILES string of the molecule is CC[C@H](C)NC(=O)[C@@H]1CSCN1C(=O)CSc1ccc2c(c1)CCC2. The van der Waals surface area contributed by atoms with E-state index in [9.17, 15) is 9.59 Å². The first kappa shape index (κ1) is 18.6. The third-order valence-electron chi connectivity index (χ3n) is 4.94. The van der Waals surface area contributed by atoms with Crippen LogP contribution in [0.4, 0.5) is 0 Å². The smallest absolute Gasteiger partial charge is 0.243 e. The molecule has 6 heteroatoms. The van der Waals surface area contributed by atoms with Crippen LogP contribution >= 0.6 is 23.5 Å². The predicted molar refractivity (Wildman–Crippen MR) is 105 cm³/mol. The van der Waals surface area contributed by atoms with E-state index >= 15 is 0 Å². The summed E-state index contributed by atoms with van der Waals surface area (Å²) in [5, 5.41) is 3.01. The maximum atomic E-state index is 12.6. The van der Waals surface area contributed by atoms with Crippen LogP contribution in [0.15, 0.2) is 23.1 Å². The van der Waals surface area contributed by atoms with Crippen LogP contribution in [0.25, 0.3) is 0 Å². The molecule has 1 aromatic rings. The van der Waals surface area contributed by atoms with Gasteiger partial charge in [0.15, 0.2) is 0 Å². The highest BCUT2D eigenvalue weighted by atomic mass is 32.2. The molecule has 3 rings (SSSR count). The van der Waals surface area contributed by atoms with Crippen molar-refractivity contribution in [2.45, 2.75) is 56.5 Å². The van der Waals surface area contributed by atoms with Crippen molar-refractivity contribution in [2.24, 2.45) is 0 Å². The summed E-state index contributed by atoms with van der Waals surface area (Å²) in [4.78, 5) is 27.9. The summed E-state index contributed by atoms with van der Waals surface area (Å²) < 4.78 is 0. The zero-order valence-electron chi connectivity index (χ0n) is 14.9. The van der Waals surface area contributed by atoms with Crippen molar-refractivity contribution >= 4 is 35.3 Å². The Morgan fingerprint density at radius 1 is 1.36 bits per heavy atom. The summed E-state index contributed by atoms with van der Waals surface area (Å²) in [5.74, 6) is 1.74. The molecule has 25 heavy (non-hydrogen) atoms. The van der Waals surface area contributed by atoms with Gasteiger partial charge in [-0.05, 0) is 55.9 Å². The van der Waals surface area contributed by atoms with Gasteiger partial charge in [-0.1, -0.05) is 13.0 Å². The van der Waals surface area contributed by atoms with Crippen LogP contribution in [-0.4, -0.2) is 46.2 Å². The first-order chi connectivity index (χ1) is 12.1. The summed E-state index contributed by atoms with van der Waals surface area (Å²) in [5.41, 5.74) is 2.88. The molecule has 1 saturated heterocycles. The highest BCUT2D eigenvalue weighted by molar-refractivity contribution is 8.00. The number of hydrogen-bond acceptors (Lipinski definition) is 4. The van der Waals surface area contributed by atoms with E-state index in [1.807, 2.05) is 13.8 Å². The molecule has 1 fully saturated rings. The molecule has 0 spiro atoms. The van der Waals surface area contributed by atoms with Gasteiger partial charge in [-0.3, -0.25) is 9.59 Å². The molecular formula is C19H26N2O2S2. The van der Waals surface area contributed by atoms with E-state index in [1.165, 1.54) is 24.0 Å². The Labute approximate surface area is 158 Å². The Kier molecular flexibility index (Phi) is 6.34. The molecule has 1 N–H and O–H groups in total. The molecule has 2 aliphatic rings. The quantitative estimate of drug-likeness (QED) is 0.773. The molecule has 0 saturated carbocycles. The van der Waals surface area contributed by atoms with Crippen LogP contribution in [0.2, 0.25) is 0 Å². The van der Waals surface area contributed by atoms with Gasteiger partial charge in [0.2, 0.25) is 11.8 Å². The van der Waals surface area contributed by atoms with Crippen molar-refractivity contribution in [3.63, 3.8) is 0 Å². The Morgan fingerprint density at radius 2 is 2.16 bits per heavy atom. The van der Waals surface area contributed by atoms with E-state index in [2.05, 4.69) is 23.5 Å². The van der Waals surface area contributed by atoms with E-state index in [-0.39, 0.29) is 23.9 Å². The van der Waals surface area contributed by atoms with E-state index in [0.29, 0.717) is 17.4 Å². The highest BCUT2D eigenvalue weighted by Crippen LogP contribution is 2.29. The number of thioether (sulfide) groups is 2. The van der Waals surface area contributed by atoms with Gasteiger partial charge in [0.25, 0.3) is 0 Å². The van der Waals surface area contributed by atoms with Crippen molar-refractivity contribution in [1.82, 2.24) is 10.2 Å². The van der Waals surface area contributed by atoms with E-state index in [0.717, 1.165) is 17.7 Å². The number of hydrogen-bond donors (Lipinski definition) is 1. The van der Waals surface area contributed by atoms with Crippen LogP contribution in [0.5, 0.6) is 0 Å². The molecule has 1 heterocycles. The molecule has 136 valence electrons. The van der Waals surface area contributed by atoms with Crippen LogP contribution < -0.4 is 5.32 Å². The Hall–Kier alpha value is -1.14. The minimum Gasteiger partial charge on any atom is -0.352 e. The van der Waals surface area contributed by atoms with Crippen molar-refractivity contribution in [3.05, 3.63) is 29.3 Å². The van der Waals surface area contributed by atoms with Crippen molar-refractivity contribution in [2.75, 3.05) is 17.4 Å². The topological polar surface area (TPSA) is 49.4 Å². The molecule has 0 aromatic heterocycles.